The van der Waals surface area contributed by atoms with Crippen LogP contribution in [0.2, 0.25) is 0 Å². The molecule has 4 aliphatic rings. The highest BCUT2D eigenvalue weighted by Gasteiger charge is 2.40. The van der Waals surface area contributed by atoms with Crippen molar-refractivity contribution in [2.75, 3.05) is 4.90 Å². The van der Waals surface area contributed by atoms with Gasteiger partial charge in [-0.15, -0.1) is 0 Å². The molecule has 278 valence electrons. The molecule has 0 radical (unpaired) electrons. The van der Waals surface area contributed by atoms with Crippen molar-refractivity contribution in [3.63, 3.8) is 0 Å². The Morgan fingerprint density at radius 3 is 0.950 bits per heavy atom. The SMILES string of the molecule is O=C1NC(=O)c2ccc3c4ccc5c6c(ccc(c7ccc1c2c73)c64)C(=O)N(c1cc2c3c(ccc4c6ccc7c8c(ccc(c1c34)c86)C(=O)NC7=O)C(=O)NC2=O)C5=O. The number of nitrogens with zero attached hydrogens (tertiary/aromatic N) is 1. The number of fused-ring (bicyclic) bond motifs is 4. The third-order valence-electron chi connectivity index (χ3n) is 13.1. The first-order valence-corrected chi connectivity index (χ1v) is 19.0. The Bertz CT molecular complexity index is 3890. The number of hydrogen-bond donors (Lipinski definition) is 3. The summed E-state index contributed by atoms with van der Waals surface area (Å²) < 4.78 is 0. The van der Waals surface area contributed by atoms with Crippen molar-refractivity contribution >= 4 is 139 Å². The van der Waals surface area contributed by atoms with E-state index < -0.39 is 47.3 Å². The number of hydrogen-bond acceptors (Lipinski definition) is 8. The van der Waals surface area contributed by atoms with Crippen molar-refractivity contribution in [2.45, 2.75) is 0 Å². The Morgan fingerprint density at radius 1 is 0.267 bits per heavy atom. The predicted molar refractivity (Wildman–Crippen MR) is 222 cm³/mol. The number of carbonyl (C=O) groups is 8. The Labute approximate surface area is 332 Å². The minimum absolute atomic E-state index is 0.0972. The van der Waals surface area contributed by atoms with Crippen molar-refractivity contribution < 1.29 is 38.4 Å². The molecule has 10 aromatic rings. The number of nitrogens with one attached hydrogen (secondary N) is 3. The number of benzene rings is 10. The van der Waals surface area contributed by atoms with Gasteiger partial charge in [0.25, 0.3) is 47.3 Å². The van der Waals surface area contributed by atoms with Gasteiger partial charge in [-0.1, -0.05) is 42.5 Å². The van der Waals surface area contributed by atoms with E-state index in [2.05, 4.69) is 16.0 Å². The van der Waals surface area contributed by atoms with E-state index in [1.165, 1.54) is 6.07 Å². The first-order valence-electron chi connectivity index (χ1n) is 19.0. The van der Waals surface area contributed by atoms with Crippen LogP contribution in [0.1, 0.15) is 82.9 Å². The van der Waals surface area contributed by atoms with Crippen molar-refractivity contribution in [3.8, 4) is 0 Å². The predicted octanol–water partition coefficient (Wildman–Crippen LogP) is 7.24. The van der Waals surface area contributed by atoms with E-state index in [9.17, 15) is 28.8 Å². The molecule has 10 aromatic carbocycles. The summed E-state index contributed by atoms with van der Waals surface area (Å²) in [6.45, 7) is 0. The van der Waals surface area contributed by atoms with E-state index in [1.54, 1.807) is 60.7 Å². The monoisotopic (exact) mass is 778 g/mol. The maximum atomic E-state index is 15.2. The maximum absolute atomic E-state index is 15.2. The summed E-state index contributed by atoms with van der Waals surface area (Å²) in [5, 5.41) is 16.5. The molecule has 0 aliphatic carbocycles. The molecule has 3 N–H and O–H groups in total. The van der Waals surface area contributed by atoms with E-state index in [0.717, 1.165) is 31.8 Å². The molecule has 14 rings (SSSR count). The van der Waals surface area contributed by atoms with Crippen LogP contribution >= 0.6 is 0 Å². The molecule has 0 saturated carbocycles. The van der Waals surface area contributed by atoms with Gasteiger partial charge in [0.05, 0.1) is 11.3 Å². The number of amides is 8. The molecule has 0 fully saturated rings. The van der Waals surface area contributed by atoms with Crippen LogP contribution in [0.15, 0.2) is 91.0 Å². The van der Waals surface area contributed by atoms with Crippen LogP contribution in [0.4, 0.5) is 5.69 Å². The molecule has 60 heavy (non-hydrogen) atoms. The van der Waals surface area contributed by atoms with Crippen LogP contribution in [0.5, 0.6) is 0 Å². The summed E-state index contributed by atoms with van der Waals surface area (Å²) in [6, 6.07) is 25.5. The summed E-state index contributed by atoms with van der Waals surface area (Å²) in [7, 11) is 0. The highest BCUT2D eigenvalue weighted by atomic mass is 16.2. The molecule has 0 spiro atoms. The lowest BCUT2D eigenvalue weighted by Crippen LogP contribution is -2.41. The van der Waals surface area contributed by atoms with Crippen LogP contribution in [0.25, 0.3) is 86.2 Å². The zero-order valence-electron chi connectivity index (χ0n) is 30.4. The Hall–Kier alpha value is -8.64. The average molecular weight is 779 g/mol. The summed E-state index contributed by atoms with van der Waals surface area (Å²) in [4.78, 5) is 111. The lowest BCUT2D eigenvalue weighted by atomic mass is 9.81. The van der Waals surface area contributed by atoms with Gasteiger partial charge in [0.1, 0.15) is 0 Å². The summed E-state index contributed by atoms with van der Waals surface area (Å²) >= 11 is 0. The van der Waals surface area contributed by atoms with E-state index in [0.29, 0.717) is 70.4 Å². The van der Waals surface area contributed by atoms with Crippen LogP contribution in [0, 0.1) is 0 Å². The first kappa shape index (κ1) is 31.4. The zero-order chi connectivity index (χ0) is 40.4. The van der Waals surface area contributed by atoms with Gasteiger partial charge in [-0.05, 0) is 102 Å². The molecule has 0 bridgehead atoms. The fourth-order valence-corrected chi connectivity index (χ4v) is 10.8. The van der Waals surface area contributed by atoms with Gasteiger partial charge in [-0.3, -0.25) is 54.3 Å². The summed E-state index contributed by atoms with van der Waals surface area (Å²) in [5.41, 5.74) is 2.24. The summed E-state index contributed by atoms with van der Waals surface area (Å²) in [6.07, 6.45) is 0. The van der Waals surface area contributed by atoms with Crippen molar-refractivity contribution in [2.24, 2.45) is 0 Å². The van der Waals surface area contributed by atoms with Gasteiger partial charge in [-0.25, -0.2) is 4.90 Å². The number of carbonyl (C=O) groups excluding carboxylic acids is 8. The smallest absolute Gasteiger partial charge is 0.266 e. The molecule has 4 aliphatic heterocycles. The third kappa shape index (κ3) is 3.32. The topological polar surface area (TPSA) is 176 Å². The maximum Gasteiger partial charge on any atom is 0.266 e. The molecule has 12 heteroatoms. The normalized spacial score (nSPS) is 16.0. The minimum Gasteiger partial charge on any atom is -0.288 e. The van der Waals surface area contributed by atoms with Crippen molar-refractivity contribution in [1.29, 1.82) is 0 Å². The molecule has 12 nitrogen and oxygen atoms in total. The molecular weight excluding hydrogens is 761 g/mol. The lowest BCUT2D eigenvalue weighted by molar-refractivity contribution is 0.0828. The standard InChI is InChI=1S/C48H18N4O8/c53-41-23-8-1-16-18-5-13-28-38-29(14-6-19(33(18)38)17-2-9-24(42(54)49-41)35(23)32(16)17)48(60)52(47(28)59)31-15-30-37-27(45(57)51-46(30)58)11-4-21-20-3-10-25-36-26(44(56)50-43(25)55)12-7-22(34(20)36)39(31)40(21)37/h1-15H,(H,49,53,54)(H,50,55,56)(H,51,57,58). The highest BCUT2D eigenvalue weighted by molar-refractivity contribution is 6.48. The zero-order valence-corrected chi connectivity index (χ0v) is 30.4. The van der Waals surface area contributed by atoms with Gasteiger partial charge in [0.15, 0.2) is 0 Å². The van der Waals surface area contributed by atoms with Crippen LogP contribution in [-0.4, -0.2) is 47.3 Å². The molecule has 0 saturated heterocycles. The fraction of sp³-hybridized carbons (Fsp3) is 0. The first-order chi connectivity index (χ1) is 29.1. The minimum atomic E-state index is -0.690. The lowest BCUT2D eigenvalue weighted by Gasteiger charge is -2.31. The molecular formula is C48H18N4O8. The summed E-state index contributed by atoms with van der Waals surface area (Å²) in [5.74, 6) is -4.67. The second-order valence-electron chi connectivity index (χ2n) is 15.7. The second-order valence-corrected chi connectivity index (χ2v) is 15.7. The Kier molecular flexibility index (Phi) is 5.19. The van der Waals surface area contributed by atoms with E-state index in [4.69, 9.17) is 0 Å². The third-order valence-corrected chi connectivity index (χ3v) is 13.1. The van der Waals surface area contributed by atoms with Crippen molar-refractivity contribution in [3.05, 3.63) is 136 Å². The highest BCUT2D eigenvalue weighted by Crippen LogP contribution is 2.51. The van der Waals surface area contributed by atoms with Crippen LogP contribution < -0.4 is 20.9 Å². The number of anilines is 1. The molecule has 0 unspecified atom stereocenters. The van der Waals surface area contributed by atoms with E-state index >= 15 is 9.59 Å². The quantitative estimate of drug-likeness (QED) is 0.0888. The largest absolute Gasteiger partial charge is 0.288 e. The molecule has 8 amide bonds. The van der Waals surface area contributed by atoms with Gasteiger partial charge < -0.3 is 0 Å². The van der Waals surface area contributed by atoms with Gasteiger partial charge in [0, 0.05) is 71.3 Å². The molecule has 0 atom stereocenters. The van der Waals surface area contributed by atoms with Gasteiger partial charge in [-0.2, -0.15) is 0 Å². The van der Waals surface area contributed by atoms with Crippen LogP contribution in [-0.2, 0) is 0 Å². The van der Waals surface area contributed by atoms with Crippen molar-refractivity contribution in [1.82, 2.24) is 16.0 Å². The number of rotatable bonds is 1. The number of imide groups is 4. The average Bonchev–Trinajstić information content (AvgIpc) is 3.24. The van der Waals surface area contributed by atoms with E-state index in [-0.39, 0.29) is 39.1 Å². The van der Waals surface area contributed by atoms with Crippen LogP contribution in [0.3, 0.4) is 0 Å². The molecule has 4 heterocycles. The Morgan fingerprint density at radius 2 is 0.550 bits per heavy atom. The van der Waals surface area contributed by atoms with Gasteiger partial charge >= 0.3 is 0 Å². The van der Waals surface area contributed by atoms with E-state index in [1.807, 2.05) is 24.3 Å². The second kappa shape index (κ2) is 9.89. The fourth-order valence-electron chi connectivity index (χ4n) is 10.8. The molecule has 0 aromatic heterocycles. The van der Waals surface area contributed by atoms with Gasteiger partial charge in [0.2, 0.25) is 0 Å². The Balaban J connectivity index is 1.10.